The van der Waals surface area contributed by atoms with Crippen LogP contribution in [0.4, 0.5) is 5.69 Å². The van der Waals surface area contributed by atoms with E-state index in [1.807, 2.05) is 46.0 Å². The van der Waals surface area contributed by atoms with Crippen molar-refractivity contribution < 1.29 is 14.7 Å². The van der Waals surface area contributed by atoms with Crippen molar-refractivity contribution in [2.45, 2.75) is 78.2 Å². The maximum atomic E-state index is 13.0. The first-order valence-electron chi connectivity index (χ1n) is 13.9. The van der Waals surface area contributed by atoms with Crippen LogP contribution in [0.5, 0.6) is 0 Å². The van der Waals surface area contributed by atoms with Crippen molar-refractivity contribution in [3.05, 3.63) is 65.4 Å². The van der Waals surface area contributed by atoms with Crippen molar-refractivity contribution in [1.82, 2.24) is 4.57 Å². The van der Waals surface area contributed by atoms with Gasteiger partial charge in [0.05, 0.1) is 11.6 Å². The topological polar surface area (TPSA) is 95.1 Å². The number of hydrogen-bond donors (Lipinski definition) is 2. The predicted octanol–water partition coefficient (Wildman–Crippen LogP) is 6.97. The minimum atomic E-state index is -0.896. The molecule has 0 saturated heterocycles. The largest absolute Gasteiger partial charge is 0.385 e. The Morgan fingerprint density at radius 1 is 1.05 bits per heavy atom. The molecule has 0 aliphatic rings. The van der Waals surface area contributed by atoms with E-state index >= 15 is 0 Å². The third kappa shape index (κ3) is 6.71. The number of fused-ring (bicyclic) bond motifs is 1. The van der Waals surface area contributed by atoms with Gasteiger partial charge in [0, 0.05) is 41.3 Å². The van der Waals surface area contributed by atoms with E-state index in [9.17, 15) is 14.7 Å². The number of Topliss-reactive ketones (excluding diaryl/α,β-unsaturated/α-hetero) is 1. The Bertz CT molecular complexity index is 1300. The lowest BCUT2D eigenvalue weighted by atomic mass is 9.82. The second kappa shape index (κ2) is 13.4. The zero-order valence-electron chi connectivity index (χ0n) is 23.3. The molecule has 4 atom stereocenters. The van der Waals surface area contributed by atoms with Gasteiger partial charge in [0.2, 0.25) is 0 Å². The van der Waals surface area contributed by atoms with Gasteiger partial charge in [0.1, 0.15) is 6.10 Å². The van der Waals surface area contributed by atoms with Gasteiger partial charge in [0.25, 0.3) is 5.91 Å². The van der Waals surface area contributed by atoms with Gasteiger partial charge in [-0.2, -0.15) is 5.26 Å². The van der Waals surface area contributed by atoms with Crippen molar-refractivity contribution in [3.63, 3.8) is 0 Å². The second-order valence-corrected chi connectivity index (χ2v) is 10.5. The van der Waals surface area contributed by atoms with Crippen LogP contribution < -0.4 is 5.32 Å². The van der Waals surface area contributed by atoms with Gasteiger partial charge in [-0.3, -0.25) is 9.59 Å². The van der Waals surface area contributed by atoms with E-state index in [0.717, 1.165) is 49.4 Å². The van der Waals surface area contributed by atoms with Crippen LogP contribution in [0.3, 0.4) is 0 Å². The average Bonchev–Trinajstić information content (AvgIpc) is 3.26. The fourth-order valence-corrected chi connectivity index (χ4v) is 5.26. The van der Waals surface area contributed by atoms with Gasteiger partial charge in [-0.25, -0.2) is 0 Å². The van der Waals surface area contributed by atoms with Gasteiger partial charge < -0.3 is 15.0 Å². The summed E-state index contributed by atoms with van der Waals surface area (Å²) in [6.07, 6.45) is 6.40. The minimum Gasteiger partial charge on any atom is -0.385 e. The smallest absolute Gasteiger partial charge is 0.255 e. The molecule has 3 rings (SSSR count). The highest BCUT2D eigenvalue weighted by Gasteiger charge is 2.28. The lowest BCUT2D eigenvalue weighted by molar-refractivity contribution is -0.134. The van der Waals surface area contributed by atoms with Crippen LogP contribution in [-0.2, 0) is 11.8 Å². The molecule has 1 amide bonds. The Morgan fingerprint density at radius 2 is 1.82 bits per heavy atom. The van der Waals surface area contributed by atoms with Crippen LogP contribution in [0.25, 0.3) is 10.9 Å². The average molecular weight is 516 g/mol. The Kier molecular flexibility index (Phi) is 10.3. The number of ketones is 1. The predicted molar refractivity (Wildman–Crippen MR) is 153 cm³/mol. The van der Waals surface area contributed by atoms with E-state index < -0.39 is 6.10 Å². The maximum absolute atomic E-state index is 13.0. The van der Waals surface area contributed by atoms with E-state index in [-0.39, 0.29) is 29.4 Å². The first-order valence-corrected chi connectivity index (χ1v) is 13.9. The molecule has 0 aliphatic carbocycles. The number of aryl methyl sites for hydroxylation is 1. The standard InChI is InChI=1S/C32H41N3O3/c1-6-10-24(14-13-23(8-3)31(37)30(36)21(4)7-2)28-20-35(5)29-16-15-26(18-27(28)29)34-32(38)25-12-9-11-22(17-25)19-33/h9,11-12,15-18,20-21,23-24,30,36H,6-8,10,13-14H2,1-5H3,(H,34,38). The van der Waals surface area contributed by atoms with Crippen LogP contribution >= 0.6 is 0 Å². The van der Waals surface area contributed by atoms with Crippen LogP contribution in [0.2, 0.25) is 0 Å². The van der Waals surface area contributed by atoms with Gasteiger partial charge in [-0.1, -0.05) is 46.6 Å². The number of anilines is 1. The number of aliphatic hydroxyl groups is 1. The van der Waals surface area contributed by atoms with E-state index in [4.69, 9.17) is 5.26 Å². The van der Waals surface area contributed by atoms with Crippen molar-refractivity contribution >= 4 is 28.3 Å². The van der Waals surface area contributed by atoms with E-state index in [1.54, 1.807) is 24.3 Å². The minimum absolute atomic E-state index is 0.0273. The molecule has 0 bridgehead atoms. The number of benzene rings is 2. The highest BCUT2D eigenvalue weighted by Crippen LogP contribution is 2.36. The molecule has 6 heteroatoms. The second-order valence-electron chi connectivity index (χ2n) is 10.5. The number of nitrogens with one attached hydrogen (secondary N) is 1. The number of rotatable bonds is 13. The molecule has 1 heterocycles. The number of nitrogens with zero attached hydrogens (tertiary/aromatic N) is 2. The molecule has 0 aliphatic heterocycles. The van der Waals surface area contributed by atoms with Crippen molar-refractivity contribution in [2.24, 2.45) is 18.9 Å². The highest BCUT2D eigenvalue weighted by molar-refractivity contribution is 6.05. The van der Waals surface area contributed by atoms with Gasteiger partial charge >= 0.3 is 0 Å². The summed E-state index contributed by atoms with van der Waals surface area (Å²) in [6, 6.07) is 14.7. The summed E-state index contributed by atoms with van der Waals surface area (Å²) < 4.78 is 2.12. The fourth-order valence-electron chi connectivity index (χ4n) is 5.26. The van der Waals surface area contributed by atoms with E-state index in [0.29, 0.717) is 16.8 Å². The van der Waals surface area contributed by atoms with Crippen LogP contribution in [-0.4, -0.2) is 27.5 Å². The van der Waals surface area contributed by atoms with Gasteiger partial charge in [0.15, 0.2) is 5.78 Å². The zero-order valence-corrected chi connectivity index (χ0v) is 23.3. The lowest BCUT2D eigenvalue weighted by Crippen LogP contribution is -2.33. The summed E-state index contributed by atoms with van der Waals surface area (Å²) in [5, 5.41) is 23.8. The number of nitriles is 1. The summed E-state index contributed by atoms with van der Waals surface area (Å²) in [7, 11) is 2.03. The summed E-state index contributed by atoms with van der Waals surface area (Å²) in [6.45, 7) is 8.13. The number of aliphatic hydroxyl groups excluding tert-OH is 1. The van der Waals surface area contributed by atoms with Crippen molar-refractivity contribution in [3.8, 4) is 6.07 Å². The third-order valence-electron chi connectivity index (χ3n) is 7.84. The highest BCUT2D eigenvalue weighted by atomic mass is 16.3. The maximum Gasteiger partial charge on any atom is 0.255 e. The van der Waals surface area contributed by atoms with Crippen LogP contribution in [0.15, 0.2) is 48.7 Å². The molecular weight excluding hydrogens is 474 g/mol. The molecule has 0 fully saturated rings. The molecular formula is C32H41N3O3. The first kappa shape index (κ1) is 29.1. The third-order valence-corrected chi connectivity index (χ3v) is 7.84. The summed E-state index contributed by atoms with van der Waals surface area (Å²) >= 11 is 0. The van der Waals surface area contributed by atoms with Gasteiger partial charge in [-0.05, 0) is 79.5 Å². The van der Waals surface area contributed by atoms with Crippen molar-refractivity contribution in [1.29, 1.82) is 5.26 Å². The number of carbonyl (C=O) groups is 2. The molecule has 2 aromatic carbocycles. The molecule has 3 aromatic rings. The van der Waals surface area contributed by atoms with Crippen molar-refractivity contribution in [2.75, 3.05) is 5.32 Å². The van der Waals surface area contributed by atoms with Crippen LogP contribution in [0.1, 0.15) is 93.6 Å². The Morgan fingerprint density at radius 3 is 2.47 bits per heavy atom. The SMILES string of the molecule is CCCC(CCC(CC)C(=O)C(O)C(C)CC)c1cn(C)c2ccc(NC(=O)c3cccc(C#N)c3)cc12. The molecule has 2 N–H and O–H groups in total. The normalized spacial score (nSPS) is 14.4. The quantitative estimate of drug-likeness (QED) is 0.257. The fraction of sp³-hybridized carbons (Fsp3) is 0.469. The molecule has 0 radical (unpaired) electrons. The number of carbonyl (C=O) groups excluding carboxylic acids is 2. The summed E-state index contributed by atoms with van der Waals surface area (Å²) in [4.78, 5) is 25.9. The summed E-state index contributed by atoms with van der Waals surface area (Å²) in [5.41, 5.74) is 3.89. The number of hydrogen-bond acceptors (Lipinski definition) is 4. The molecule has 4 unspecified atom stereocenters. The van der Waals surface area contributed by atoms with E-state index in [2.05, 4.69) is 29.1 Å². The number of aromatic nitrogens is 1. The van der Waals surface area contributed by atoms with Crippen LogP contribution in [0, 0.1) is 23.2 Å². The lowest BCUT2D eigenvalue weighted by Gasteiger charge is -2.24. The molecule has 0 saturated carbocycles. The monoisotopic (exact) mass is 515 g/mol. The Balaban J connectivity index is 1.85. The molecule has 6 nitrogen and oxygen atoms in total. The Hall–Kier alpha value is -3.43. The zero-order chi connectivity index (χ0) is 27.8. The van der Waals surface area contributed by atoms with E-state index in [1.165, 1.54) is 5.56 Å². The first-order chi connectivity index (χ1) is 18.2. The molecule has 38 heavy (non-hydrogen) atoms. The Labute approximate surface area is 226 Å². The summed E-state index contributed by atoms with van der Waals surface area (Å²) in [5.74, 6) is -0.192. The molecule has 0 spiro atoms. The number of amides is 1. The molecule has 1 aromatic heterocycles. The van der Waals surface area contributed by atoms with Gasteiger partial charge in [-0.15, -0.1) is 0 Å². The molecule has 202 valence electrons.